The summed E-state index contributed by atoms with van der Waals surface area (Å²) in [7, 11) is 0. The number of allylic oxidation sites excluding steroid dienone is 2. The number of hydrogen-bond acceptors (Lipinski definition) is 2. The predicted octanol–water partition coefficient (Wildman–Crippen LogP) is 11.1. The summed E-state index contributed by atoms with van der Waals surface area (Å²) in [6.07, 6.45) is 25.4. The molecule has 0 fully saturated rings. The molecule has 0 aliphatic carbocycles. The second-order valence-electron chi connectivity index (χ2n) is 11.5. The maximum Gasteiger partial charge on any atom is 0.134 e. The zero-order chi connectivity index (χ0) is 30.3. The summed E-state index contributed by atoms with van der Waals surface area (Å²) in [5.74, 6) is 0.502. The van der Waals surface area contributed by atoms with Crippen LogP contribution >= 0.6 is 0 Å². The monoisotopic (exact) mass is 558 g/mol. The minimum Gasteiger partial charge on any atom is -0.300 e. The molecule has 2 rings (SSSR count). The van der Waals surface area contributed by atoms with Gasteiger partial charge in [-0.2, -0.15) is 0 Å². The quantitative estimate of drug-likeness (QED) is 0.161. The molecule has 0 aliphatic heterocycles. The average molecular weight is 559 g/mol. The molecular weight excluding hydrogens is 500 g/mol. The summed E-state index contributed by atoms with van der Waals surface area (Å²) in [6.45, 7) is 12.2. The first-order valence-corrected chi connectivity index (χ1v) is 16.4. The minimum atomic E-state index is 0.211. The number of rotatable bonds is 19. The smallest absolute Gasteiger partial charge is 0.134 e. The highest BCUT2D eigenvalue weighted by atomic mass is 16.1. The molecular formula is C39H58O2. The highest BCUT2D eigenvalue weighted by Gasteiger charge is 2.04. The number of Topliss-reactive ketones (excluding diaryl/α,β-unsaturated/α-hetero) is 2. The van der Waals surface area contributed by atoms with Crippen molar-refractivity contribution < 1.29 is 9.59 Å². The van der Waals surface area contributed by atoms with E-state index in [9.17, 15) is 9.59 Å². The van der Waals surface area contributed by atoms with E-state index in [1.165, 1.54) is 79.2 Å². The molecule has 0 spiro atoms. The molecule has 0 atom stereocenters. The van der Waals surface area contributed by atoms with Gasteiger partial charge in [-0.05, 0) is 98.2 Å². The third-order valence-corrected chi connectivity index (χ3v) is 7.04. The van der Waals surface area contributed by atoms with Crippen LogP contribution in [-0.4, -0.2) is 11.6 Å². The minimum absolute atomic E-state index is 0.211. The van der Waals surface area contributed by atoms with Crippen molar-refractivity contribution in [3.8, 4) is 0 Å². The lowest BCUT2D eigenvalue weighted by atomic mass is 9.96. The van der Waals surface area contributed by atoms with Crippen molar-refractivity contribution in [1.82, 2.24) is 0 Å². The maximum atomic E-state index is 11.3. The fourth-order valence-electron chi connectivity index (χ4n) is 4.85. The fourth-order valence-corrected chi connectivity index (χ4v) is 4.85. The molecule has 0 radical (unpaired) electrons. The van der Waals surface area contributed by atoms with E-state index >= 15 is 0 Å². The molecule has 0 heterocycles. The normalized spacial score (nSPS) is 11.2. The van der Waals surface area contributed by atoms with E-state index < -0.39 is 0 Å². The summed E-state index contributed by atoms with van der Waals surface area (Å²) in [5.41, 5.74) is 7.77. The van der Waals surface area contributed by atoms with Gasteiger partial charge in [0.1, 0.15) is 11.6 Å². The molecule has 0 aromatic heterocycles. The summed E-state index contributed by atoms with van der Waals surface area (Å²) >= 11 is 0. The van der Waals surface area contributed by atoms with Gasteiger partial charge in [0, 0.05) is 12.8 Å². The Morgan fingerprint density at radius 1 is 0.537 bits per heavy atom. The van der Waals surface area contributed by atoms with Crippen LogP contribution in [0.5, 0.6) is 0 Å². The first kappa shape index (κ1) is 36.3. The Labute approximate surface area is 252 Å². The third-order valence-electron chi connectivity index (χ3n) is 7.04. The number of carbonyl (C=O) groups is 2. The van der Waals surface area contributed by atoms with Crippen molar-refractivity contribution in [2.45, 2.75) is 138 Å². The van der Waals surface area contributed by atoms with Crippen LogP contribution in [0.25, 0.3) is 12.2 Å². The number of carbonyl (C=O) groups excluding carboxylic acids is 2. The van der Waals surface area contributed by atoms with E-state index in [4.69, 9.17) is 0 Å². The number of benzene rings is 2. The van der Waals surface area contributed by atoms with Gasteiger partial charge in [-0.15, -0.1) is 0 Å². The molecule has 2 heteroatoms. The molecule has 0 unspecified atom stereocenters. The largest absolute Gasteiger partial charge is 0.300 e. The van der Waals surface area contributed by atoms with Crippen LogP contribution in [0.2, 0.25) is 0 Å². The molecule has 0 aliphatic rings. The Bertz CT molecular complexity index is 1010. The van der Waals surface area contributed by atoms with E-state index in [2.05, 4.69) is 88.4 Å². The van der Waals surface area contributed by atoms with E-state index in [1.807, 2.05) is 0 Å². The van der Waals surface area contributed by atoms with Crippen LogP contribution in [0.15, 0.2) is 48.6 Å². The zero-order valence-corrected chi connectivity index (χ0v) is 27.2. The van der Waals surface area contributed by atoms with Gasteiger partial charge in [-0.3, -0.25) is 4.79 Å². The topological polar surface area (TPSA) is 34.1 Å². The van der Waals surface area contributed by atoms with Crippen LogP contribution < -0.4 is 0 Å². The van der Waals surface area contributed by atoms with Gasteiger partial charge < -0.3 is 4.79 Å². The summed E-state index contributed by atoms with van der Waals surface area (Å²) < 4.78 is 0. The van der Waals surface area contributed by atoms with Crippen LogP contribution in [0.3, 0.4) is 0 Å². The maximum absolute atomic E-state index is 11.3. The summed E-state index contributed by atoms with van der Waals surface area (Å²) in [4.78, 5) is 22.5. The SMILES string of the molecule is CCC/C=C/c1cc(/C=C/CCC)cc(CC(C)=O)c1.CCCCCc1cc(CCCCC)cc(CCC(C)=O)c1. The van der Waals surface area contributed by atoms with Crippen LogP contribution in [0.1, 0.15) is 146 Å². The molecule has 2 nitrogen and oxygen atoms in total. The van der Waals surface area contributed by atoms with Gasteiger partial charge in [-0.25, -0.2) is 0 Å². The van der Waals surface area contributed by atoms with Gasteiger partial charge in [0.2, 0.25) is 0 Å². The summed E-state index contributed by atoms with van der Waals surface area (Å²) in [6, 6.07) is 13.4. The third kappa shape index (κ3) is 18.3. The highest BCUT2D eigenvalue weighted by Crippen LogP contribution is 2.18. The lowest BCUT2D eigenvalue weighted by Gasteiger charge is -2.10. The molecule has 0 N–H and O–H groups in total. The first-order valence-electron chi connectivity index (χ1n) is 16.4. The molecule has 2 aromatic carbocycles. The fraction of sp³-hybridized carbons (Fsp3) is 0.538. The standard InChI is InChI=1S/C20H32O.C19H26O/c1-4-6-8-10-18-14-19(11-9-7-5-2)16-20(15-18)13-12-17(3)21;1-4-6-8-10-17-13-18(11-9-7-5-2)15-19(14-17)12-16(3)20/h14-16H,4-13H2,1-3H3;8-11,13-15H,4-7,12H2,1-3H3/b;10-8+,11-9+. The van der Waals surface area contributed by atoms with Gasteiger partial charge >= 0.3 is 0 Å². The van der Waals surface area contributed by atoms with Crippen molar-refractivity contribution in [3.63, 3.8) is 0 Å². The second-order valence-corrected chi connectivity index (χ2v) is 11.5. The van der Waals surface area contributed by atoms with Crippen LogP contribution in [-0.2, 0) is 35.3 Å². The summed E-state index contributed by atoms with van der Waals surface area (Å²) in [5, 5.41) is 0. The number of ketones is 2. The predicted molar refractivity (Wildman–Crippen MR) is 181 cm³/mol. The molecule has 226 valence electrons. The second kappa shape index (κ2) is 22.9. The van der Waals surface area contributed by atoms with Crippen molar-refractivity contribution in [3.05, 3.63) is 81.9 Å². The molecule has 0 amide bonds. The lowest BCUT2D eigenvalue weighted by Crippen LogP contribution is -1.98. The number of unbranched alkanes of at least 4 members (excludes halogenated alkanes) is 6. The Morgan fingerprint density at radius 2 is 1.00 bits per heavy atom. The van der Waals surface area contributed by atoms with Crippen LogP contribution in [0.4, 0.5) is 0 Å². The molecule has 41 heavy (non-hydrogen) atoms. The van der Waals surface area contributed by atoms with Gasteiger partial charge in [0.15, 0.2) is 0 Å². The van der Waals surface area contributed by atoms with Crippen LogP contribution in [0, 0.1) is 0 Å². The van der Waals surface area contributed by atoms with E-state index in [-0.39, 0.29) is 5.78 Å². The van der Waals surface area contributed by atoms with Crippen molar-refractivity contribution in [1.29, 1.82) is 0 Å². The van der Waals surface area contributed by atoms with Crippen molar-refractivity contribution >= 4 is 23.7 Å². The molecule has 2 aromatic rings. The zero-order valence-electron chi connectivity index (χ0n) is 27.2. The first-order chi connectivity index (χ1) is 19.8. The molecule has 0 saturated heterocycles. The Morgan fingerprint density at radius 3 is 1.39 bits per heavy atom. The van der Waals surface area contributed by atoms with E-state index in [0.29, 0.717) is 18.6 Å². The van der Waals surface area contributed by atoms with Crippen molar-refractivity contribution in [2.24, 2.45) is 0 Å². The van der Waals surface area contributed by atoms with Gasteiger partial charge in [0.05, 0.1) is 0 Å². The van der Waals surface area contributed by atoms with Gasteiger partial charge in [-0.1, -0.05) is 121 Å². The molecule has 0 bridgehead atoms. The van der Waals surface area contributed by atoms with Crippen molar-refractivity contribution in [2.75, 3.05) is 0 Å². The molecule has 0 saturated carbocycles. The number of aryl methyl sites for hydroxylation is 3. The average Bonchev–Trinajstić information content (AvgIpc) is 2.92. The Hall–Kier alpha value is -2.74. The van der Waals surface area contributed by atoms with Gasteiger partial charge in [0.25, 0.3) is 0 Å². The number of hydrogen-bond donors (Lipinski definition) is 0. The Kier molecular flexibility index (Phi) is 20.3. The Balaban J connectivity index is 0.000000410. The lowest BCUT2D eigenvalue weighted by molar-refractivity contribution is -0.117. The highest BCUT2D eigenvalue weighted by molar-refractivity contribution is 5.79. The van der Waals surface area contributed by atoms with E-state index in [0.717, 1.165) is 37.7 Å². The van der Waals surface area contributed by atoms with E-state index in [1.54, 1.807) is 13.8 Å².